The molecule has 0 saturated carbocycles. The van der Waals surface area contributed by atoms with Crippen LogP contribution in [0.15, 0.2) is 58.0 Å². The number of ether oxygens (including phenoxy) is 2. The number of methoxy groups -OCH3 is 2. The minimum absolute atomic E-state index is 0.0767. The fourth-order valence-electron chi connectivity index (χ4n) is 3.31. The van der Waals surface area contributed by atoms with E-state index in [1.54, 1.807) is 24.3 Å². The Morgan fingerprint density at radius 2 is 1.81 bits per heavy atom. The number of alkyl halides is 3. The van der Waals surface area contributed by atoms with Gasteiger partial charge in [-0.2, -0.15) is 23.5 Å². The summed E-state index contributed by atoms with van der Waals surface area (Å²) < 4.78 is 58.5. The van der Waals surface area contributed by atoms with Gasteiger partial charge in [-0.05, 0) is 36.4 Å². The van der Waals surface area contributed by atoms with E-state index in [2.05, 4.69) is 5.10 Å². The summed E-state index contributed by atoms with van der Waals surface area (Å²) in [6.45, 7) is 0. The number of halogens is 3. The predicted molar refractivity (Wildman–Crippen MR) is 108 cm³/mol. The molecule has 0 bridgehead atoms. The third-order valence-electron chi connectivity index (χ3n) is 4.79. The Morgan fingerprint density at radius 1 is 1.09 bits per heavy atom. The van der Waals surface area contributed by atoms with Gasteiger partial charge in [-0.25, -0.2) is 4.68 Å². The van der Waals surface area contributed by atoms with Crippen molar-refractivity contribution >= 4 is 11.0 Å². The summed E-state index contributed by atoms with van der Waals surface area (Å²) in [5.74, 6) is -1.47. The highest BCUT2D eigenvalue weighted by molar-refractivity contribution is 5.89. The Balaban J connectivity index is 1.96. The molecule has 0 saturated heterocycles. The lowest BCUT2D eigenvalue weighted by Gasteiger charge is -2.14. The normalized spacial score (nSPS) is 11.4. The molecule has 2 aromatic heterocycles. The molecule has 4 rings (SSSR count). The van der Waals surface area contributed by atoms with E-state index in [4.69, 9.17) is 19.2 Å². The van der Waals surface area contributed by atoms with Crippen molar-refractivity contribution in [1.82, 2.24) is 9.78 Å². The molecule has 0 aliphatic heterocycles. The van der Waals surface area contributed by atoms with Gasteiger partial charge in [-0.1, -0.05) is 0 Å². The molecule has 10 heteroatoms. The Kier molecular flexibility index (Phi) is 5.10. The van der Waals surface area contributed by atoms with Crippen LogP contribution in [0.4, 0.5) is 13.2 Å². The monoisotopic (exact) mass is 441 g/mol. The van der Waals surface area contributed by atoms with Crippen LogP contribution in [0.3, 0.4) is 0 Å². The number of nitriles is 1. The van der Waals surface area contributed by atoms with E-state index in [0.29, 0.717) is 11.3 Å². The fraction of sp³-hybridized carbons (Fsp3) is 0.136. The zero-order valence-electron chi connectivity index (χ0n) is 16.7. The predicted octanol–water partition coefficient (Wildman–Crippen LogP) is 4.55. The van der Waals surface area contributed by atoms with Crippen LogP contribution in [-0.2, 0) is 6.18 Å². The lowest BCUT2D eigenvalue weighted by Crippen LogP contribution is -2.16. The quantitative estimate of drug-likeness (QED) is 0.462. The Bertz CT molecular complexity index is 1410. The van der Waals surface area contributed by atoms with Crippen molar-refractivity contribution in [2.75, 3.05) is 14.2 Å². The van der Waals surface area contributed by atoms with Crippen molar-refractivity contribution in [1.29, 1.82) is 5.26 Å². The molecule has 4 aromatic rings. The summed E-state index contributed by atoms with van der Waals surface area (Å²) in [7, 11) is 2.55. The number of fused-ring (bicyclic) bond motifs is 1. The van der Waals surface area contributed by atoms with Crippen molar-refractivity contribution < 1.29 is 27.1 Å². The largest absolute Gasteiger partial charge is 0.493 e. The van der Waals surface area contributed by atoms with E-state index < -0.39 is 22.9 Å². The molecule has 2 heterocycles. The van der Waals surface area contributed by atoms with E-state index in [1.165, 1.54) is 37.2 Å². The first-order valence-electron chi connectivity index (χ1n) is 9.13. The molecular weight excluding hydrogens is 427 g/mol. The second-order valence-corrected chi connectivity index (χ2v) is 6.64. The number of nitrogens with zero attached hydrogens (tertiary/aromatic N) is 3. The average Bonchev–Trinajstić information content (AvgIpc) is 3.27. The molecule has 0 fully saturated rings. The molecule has 32 heavy (non-hydrogen) atoms. The van der Waals surface area contributed by atoms with E-state index >= 15 is 0 Å². The number of rotatable bonds is 4. The van der Waals surface area contributed by atoms with E-state index in [9.17, 15) is 18.0 Å². The first kappa shape index (κ1) is 21.0. The molecule has 0 spiro atoms. The van der Waals surface area contributed by atoms with Crippen LogP contribution in [0, 0.1) is 11.3 Å². The van der Waals surface area contributed by atoms with Crippen LogP contribution in [0.2, 0.25) is 0 Å². The Hall–Kier alpha value is -4.26. The number of hydrogen-bond acceptors (Lipinski definition) is 6. The van der Waals surface area contributed by atoms with Gasteiger partial charge in [0.15, 0.2) is 11.3 Å². The smallest absolute Gasteiger partial charge is 0.450 e. The number of benzene rings is 2. The second kappa shape index (κ2) is 7.77. The Morgan fingerprint density at radius 3 is 2.41 bits per heavy atom. The van der Waals surface area contributed by atoms with Gasteiger partial charge in [-0.15, -0.1) is 0 Å². The van der Waals surface area contributed by atoms with Gasteiger partial charge in [0.1, 0.15) is 0 Å². The van der Waals surface area contributed by atoms with Crippen LogP contribution >= 0.6 is 0 Å². The molecule has 0 N–H and O–H groups in total. The highest BCUT2D eigenvalue weighted by atomic mass is 19.4. The van der Waals surface area contributed by atoms with Crippen LogP contribution in [0.25, 0.3) is 27.8 Å². The van der Waals surface area contributed by atoms with Gasteiger partial charge in [0.2, 0.25) is 16.9 Å². The van der Waals surface area contributed by atoms with Crippen LogP contribution in [-0.4, -0.2) is 24.0 Å². The van der Waals surface area contributed by atoms with Gasteiger partial charge in [0.25, 0.3) is 0 Å². The molecular formula is C22H14F3N3O4. The SMILES string of the molecule is COc1ccc2c(=O)c(-c3cnn(-c4ccc(C#N)cc4)c3)c(C(F)(F)F)oc2c1OC. The maximum absolute atomic E-state index is 13.9. The van der Waals surface area contributed by atoms with E-state index in [1.807, 2.05) is 6.07 Å². The standard InChI is InChI=1S/C22H14F3N3O4/c1-30-16-8-7-15-18(29)17(21(22(23,24)25)32-19(15)20(16)31-2)13-10-27-28(11-13)14-5-3-12(9-26)4-6-14/h3-8,10-11H,1-2H3. The van der Waals surface area contributed by atoms with Crippen molar-refractivity contribution in [2.24, 2.45) is 0 Å². The molecule has 0 aliphatic carbocycles. The van der Waals surface area contributed by atoms with Crippen LogP contribution in [0.5, 0.6) is 11.5 Å². The third-order valence-corrected chi connectivity index (χ3v) is 4.79. The minimum atomic E-state index is -4.96. The van der Waals surface area contributed by atoms with Gasteiger partial charge in [0, 0.05) is 11.8 Å². The van der Waals surface area contributed by atoms with Gasteiger partial charge < -0.3 is 13.9 Å². The average molecular weight is 441 g/mol. The molecule has 0 radical (unpaired) electrons. The maximum Gasteiger partial charge on any atom is 0.450 e. The van der Waals surface area contributed by atoms with Crippen LogP contribution < -0.4 is 14.9 Å². The zero-order chi connectivity index (χ0) is 23.0. The molecule has 162 valence electrons. The third kappa shape index (κ3) is 3.43. The van der Waals surface area contributed by atoms with E-state index in [0.717, 1.165) is 6.20 Å². The van der Waals surface area contributed by atoms with Crippen LogP contribution in [0.1, 0.15) is 11.3 Å². The molecule has 0 unspecified atom stereocenters. The minimum Gasteiger partial charge on any atom is -0.493 e. The van der Waals surface area contributed by atoms with E-state index in [-0.39, 0.29) is 28.0 Å². The molecule has 7 nitrogen and oxygen atoms in total. The first-order valence-corrected chi connectivity index (χ1v) is 9.13. The summed E-state index contributed by atoms with van der Waals surface area (Å²) in [5, 5.41) is 12.9. The summed E-state index contributed by atoms with van der Waals surface area (Å²) in [4.78, 5) is 13.2. The van der Waals surface area contributed by atoms with Crippen molar-refractivity contribution in [3.63, 3.8) is 0 Å². The highest BCUT2D eigenvalue weighted by Crippen LogP contribution is 2.41. The van der Waals surface area contributed by atoms with Crippen molar-refractivity contribution in [3.8, 4) is 34.4 Å². The molecule has 0 aliphatic rings. The first-order chi connectivity index (χ1) is 15.3. The zero-order valence-corrected chi connectivity index (χ0v) is 16.7. The molecule has 2 aromatic carbocycles. The summed E-state index contributed by atoms with van der Waals surface area (Å²) >= 11 is 0. The highest BCUT2D eigenvalue weighted by Gasteiger charge is 2.40. The summed E-state index contributed by atoms with van der Waals surface area (Å²) in [6, 6.07) is 11.0. The second-order valence-electron chi connectivity index (χ2n) is 6.64. The van der Waals surface area contributed by atoms with Crippen molar-refractivity contribution in [2.45, 2.75) is 6.18 Å². The topological polar surface area (TPSA) is 90.3 Å². The molecule has 0 atom stereocenters. The number of hydrogen-bond donors (Lipinski definition) is 0. The Labute approximate surface area is 178 Å². The van der Waals surface area contributed by atoms with Gasteiger partial charge in [0.05, 0.1) is 48.7 Å². The molecule has 0 amide bonds. The van der Waals surface area contributed by atoms with Gasteiger partial charge >= 0.3 is 6.18 Å². The summed E-state index contributed by atoms with van der Waals surface area (Å²) in [6.07, 6.45) is -2.53. The lowest BCUT2D eigenvalue weighted by molar-refractivity contribution is -0.152. The van der Waals surface area contributed by atoms with Crippen molar-refractivity contribution in [3.05, 3.63) is 70.3 Å². The maximum atomic E-state index is 13.9. The fourth-order valence-corrected chi connectivity index (χ4v) is 3.31. The van der Waals surface area contributed by atoms with Gasteiger partial charge in [-0.3, -0.25) is 4.79 Å². The number of aromatic nitrogens is 2. The lowest BCUT2D eigenvalue weighted by atomic mass is 10.0. The summed E-state index contributed by atoms with van der Waals surface area (Å²) in [5.41, 5.74) is -1.09.